The van der Waals surface area contributed by atoms with E-state index in [1.165, 1.54) is 11.3 Å². The van der Waals surface area contributed by atoms with Crippen LogP contribution >= 0.6 is 22.9 Å². The molecule has 0 bridgehead atoms. The summed E-state index contributed by atoms with van der Waals surface area (Å²) in [5.41, 5.74) is 4.90. The Balaban J connectivity index is 1.54. The summed E-state index contributed by atoms with van der Waals surface area (Å²) in [6, 6.07) is 12.6. The number of imidazole rings is 1. The van der Waals surface area contributed by atoms with Crippen molar-refractivity contribution in [1.82, 2.24) is 14.5 Å². The van der Waals surface area contributed by atoms with Gasteiger partial charge in [0, 0.05) is 23.1 Å². The van der Waals surface area contributed by atoms with Gasteiger partial charge in [0.1, 0.15) is 5.69 Å². The van der Waals surface area contributed by atoms with Crippen molar-refractivity contribution in [3.8, 4) is 0 Å². The van der Waals surface area contributed by atoms with E-state index < -0.39 is 5.92 Å². The number of aryl methyl sites for hydroxylation is 1. The molecule has 4 rings (SSSR count). The maximum atomic E-state index is 12.7. The Bertz CT molecular complexity index is 1240. The molecule has 0 radical (unpaired) electrons. The first kappa shape index (κ1) is 20.1. The van der Waals surface area contributed by atoms with Crippen LogP contribution in [0.2, 0.25) is 5.02 Å². The molecule has 0 saturated carbocycles. The summed E-state index contributed by atoms with van der Waals surface area (Å²) < 4.78 is 1.77. The second-order valence-electron chi connectivity index (χ2n) is 6.79. The average molecular weight is 440 g/mol. The van der Waals surface area contributed by atoms with Crippen molar-refractivity contribution < 1.29 is 9.59 Å². The molecule has 0 fully saturated rings. The smallest absolute Gasteiger partial charge is 0.275 e. The van der Waals surface area contributed by atoms with Gasteiger partial charge in [-0.15, -0.1) is 11.3 Å². The number of carbonyl (C=O) groups is 2. The second kappa shape index (κ2) is 8.25. The molecule has 2 N–H and O–H groups in total. The number of aromatic nitrogens is 3. The van der Waals surface area contributed by atoms with Gasteiger partial charge in [-0.05, 0) is 42.8 Å². The van der Waals surface area contributed by atoms with Crippen molar-refractivity contribution in [3.05, 3.63) is 69.6 Å². The van der Waals surface area contributed by atoms with Gasteiger partial charge in [0.05, 0.1) is 22.5 Å². The van der Waals surface area contributed by atoms with Crippen LogP contribution < -0.4 is 10.6 Å². The van der Waals surface area contributed by atoms with E-state index in [1.54, 1.807) is 46.8 Å². The fourth-order valence-electron chi connectivity index (χ4n) is 3.04. The van der Waals surface area contributed by atoms with Gasteiger partial charge in [0.25, 0.3) is 5.91 Å². The molecule has 2 aromatic carbocycles. The molecule has 2 amide bonds. The lowest BCUT2D eigenvalue weighted by molar-refractivity contribution is -0.117. The van der Waals surface area contributed by atoms with Gasteiger partial charge in [-0.1, -0.05) is 23.7 Å². The molecule has 2 aromatic heterocycles. The summed E-state index contributed by atoms with van der Waals surface area (Å²) in [7, 11) is 1.81. The van der Waals surface area contributed by atoms with Crippen LogP contribution in [0, 0.1) is 0 Å². The quantitative estimate of drug-likeness (QED) is 0.472. The molecule has 4 aromatic rings. The number of anilines is 2. The minimum atomic E-state index is -0.392. The number of nitrogens with zero attached hydrogens (tertiary/aromatic N) is 3. The monoisotopic (exact) mass is 439 g/mol. The fourth-order valence-corrected chi connectivity index (χ4v) is 3.78. The molecule has 2 heterocycles. The van der Waals surface area contributed by atoms with Gasteiger partial charge < -0.3 is 9.88 Å². The normalized spacial score (nSPS) is 12.0. The number of thiazole rings is 1. The molecule has 0 saturated heterocycles. The number of nitrogens with one attached hydrogen (secondary N) is 2. The Kier molecular flexibility index (Phi) is 5.52. The Hall–Kier alpha value is -3.23. The van der Waals surface area contributed by atoms with E-state index >= 15 is 0 Å². The van der Waals surface area contributed by atoms with E-state index in [2.05, 4.69) is 20.6 Å². The molecule has 0 aliphatic rings. The maximum Gasteiger partial charge on any atom is 0.275 e. The third-order valence-corrected chi connectivity index (χ3v) is 5.60. The van der Waals surface area contributed by atoms with Crippen LogP contribution in [0.25, 0.3) is 11.0 Å². The first-order valence-electron chi connectivity index (χ1n) is 9.14. The summed E-state index contributed by atoms with van der Waals surface area (Å²) in [5, 5.41) is 7.97. The minimum absolute atomic E-state index is 0.187. The first-order valence-corrected chi connectivity index (χ1v) is 10.5. The zero-order chi connectivity index (χ0) is 21.3. The Morgan fingerprint density at radius 3 is 2.73 bits per heavy atom. The van der Waals surface area contributed by atoms with Gasteiger partial charge >= 0.3 is 0 Å². The van der Waals surface area contributed by atoms with Crippen molar-refractivity contribution in [2.45, 2.75) is 12.8 Å². The fraction of sp³-hybridized carbons (Fsp3) is 0.143. The first-order chi connectivity index (χ1) is 14.4. The van der Waals surface area contributed by atoms with Crippen LogP contribution in [0.1, 0.15) is 28.9 Å². The number of fused-ring (bicyclic) bond motifs is 1. The molecule has 1 unspecified atom stereocenters. The third-order valence-electron chi connectivity index (χ3n) is 4.78. The van der Waals surface area contributed by atoms with E-state index in [-0.39, 0.29) is 11.8 Å². The predicted octanol–water partition coefficient (Wildman–Crippen LogP) is 4.68. The van der Waals surface area contributed by atoms with Crippen LogP contribution in [0.3, 0.4) is 0 Å². The molecular weight excluding hydrogens is 422 g/mol. The highest BCUT2D eigenvalue weighted by atomic mass is 35.5. The summed E-state index contributed by atoms with van der Waals surface area (Å²) in [6.07, 6.45) is 0. The predicted molar refractivity (Wildman–Crippen MR) is 119 cm³/mol. The van der Waals surface area contributed by atoms with E-state index in [0.29, 0.717) is 27.9 Å². The Labute approximate surface area is 181 Å². The third kappa shape index (κ3) is 4.05. The van der Waals surface area contributed by atoms with Crippen molar-refractivity contribution in [2.24, 2.45) is 7.05 Å². The van der Waals surface area contributed by atoms with Gasteiger partial charge in [-0.2, -0.15) is 0 Å². The Morgan fingerprint density at radius 1 is 1.17 bits per heavy atom. The standard InChI is InChI=1S/C21H18ClN5O2S/c1-12(13-4-3-5-14(22)8-13)19(28)26-21-25-16-7-6-15(9-18(16)27(21)2)24-20(29)17-10-30-11-23-17/h3-12H,1-2H3,(H,24,29)(H,25,26,28). The summed E-state index contributed by atoms with van der Waals surface area (Å²) in [6.45, 7) is 1.82. The SMILES string of the molecule is CC(C(=O)Nc1nc2ccc(NC(=O)c3cscn3)cc2n1C)c1cccc(Cl)c1. The van der Waals surface area contributed by atoms with Crippen molar-refractivity contribution in [2.75, 3.05) is 10.6 Å². The van der Waals surface area contributed by atoms with Crippen LogP contribution in [-0.4, -0.2) is 26.3 Å². The molecule has 7 nitrogen and oxygen atoms in total. The molecule has 0 spiro atoms. The summed E-state index contributed by atoms with van der Waals surface area (Å²) in [4.78, 5) is 33.5. The van der Waals surface area contributed by atoms with Crippen LogP contribution in [0.15, 0.2) is 53.4 Å². The van der Waals surface area contributed by atoms with Gasteiger partial charge in [-0.3, -0.25) is 14.9 Å². The average Bonchev–Trinajstić information content (AvgIpc) is 3.37. The molecule has 0 aliphatic carbocycles. The van der Waals surface area contributed by atoms with Crippen LogP contribution in [0.4, 0.5) is 11.6 Å². The van der Waals surface area contributed by atoms with Gasteiger partial charge in [0.2, 0.25) is 11.9 Å². The highest BCUT2D eigenvalue weighted by Crippen LogP contribution is 2.25. The molecule has 30 heavy (non-hydrogen) atoms. The van der Waals surface area contributed by atoms with Crippen molar-refractivity contribution >= 4 is 57.4 Å². The molecule has 152 valence electrons. The lowest BCUT2D eigenvalue weighted by atomic mass is 10.0. The highest BCUT2D eigenvalue weighted by Gasteiger charge is 2.19. The van der Waals surface area contributed by atoms with E-state index in [4.69, 9.17) is 11.6 Å². The van der Waals surface area contributed by atoms with E-state index in [0.717, 1.165) is 11.1 Å². The van der Waals surface area contributed by atoms with Crippen LogP contribution in [0.5, 0.6) is 0 Å². The molecule has 0 aliphatic heterocycles. The number of benzene rings is 2. The number of hydrogen-bond donors (Lipinski definition) is 2. The van der Waals surface area contributed by atoms with Gasteiger partial charge in [0.15, 0.2) is 0 Å². The number of halogens is 1. The van der Waals surface area contributed by atoms with Crippen molar-refractivity contribution in [1.29, 1.82) is 0 Å². The lowest BCUT2D eigenvalue weighted by Gasteiger charge is -2.12. The second-order valence-corrected chi connectivity index (χ2v) is 7.95. The molecule has 9 heteroatoms. The van der Waals surface area contributed by atoms with Gasteiger partial charge in [-0.25, -0.2) is 9.97 Å². The maximum absolute atomic E-state index is 12.7. The number of carbonyl (C=O) groups excluding carboxylic acids is 2. The topological polar surface area (TPSA) is 88.9 Å². The molecule has 1 atom stereocenters. The lowest BCUT2D eigenvalue weighted by Crippen LogP contribution is -2.20. The summed E-state index contributed by atoms with van der Waals surface area (Å²) >= 11 is 7.39. The largest absolute Gasteiger partial charge is 0.321 e. The van der Waals surface area contributed by atoms with E-state index in [9.17, 15) is 9.59 Å². The van der Waals surface area contributed by atoms with E-state index in [1.807, 2.05) is 25.1 Å². The number of amides is 2. The van der Waals surface area contributed by atoms with Crippen LogP contribution in [-0.2, 0) is 11.8 Å². The summed E-state index contributed by atoms with van der Waals surface area (Å²) in [5.74, 6) is -0.433. The Morgan fingerprint density at radius 2 is 2.00 bits per heavy atom. The number of rotatable bonds is 5. The highest BCUT2D eigenvalue weighted by molar-refractivity contribution is 7.07. The zero-order valence-electron chi connectivity index (χ0n) is 16.2. The zero-order valence-corrected chi connectivity index (χ0v) is 17.8. The molecular formula is C21H18ClN5O2S. The number of hydrogen-bond acceptors (Lipinski definition) is 5. The van der Waals surface area contributed by atoms with Crippen molar-refractivity contribution in [3.63, 3.8) is 0 Å². The minimum Gasteiger partial charge on any atom is -0.321 e.